The van der Waals surface area contributed by atoms with E-state index in [0.717, 1.165) is 5.41 Å². The second kappa shape index (κ2) is 9.29. The van der Waals surface area contributed by atoms with Crippen molar-refractivity contribution < 1.29 is 35.2 Å². The normalized spacial score (nSPS) is 20.3. The van der Waals surface area contributed by atoms with Gasteiger partial charge < -0.3 is 5.32 Å². The molecule has 0 radical (unpaired) electrons. The highest BCUT2D eigenvalue weighted by atomic mass is 32.2. The molecule has 0 aliphatic carbocycles. The Morgan fingerprint density at radius 2 is 1.63 bits per heavy atom. The van der Waals surface area contributed by atoms with Gasteiger partial charge in [-0.05, 0) is 25.7 Å². The number of carbonyl (C=O) groups is 1. The lowest BCUT2D eigenvalue weighted by atomic mass is 9.89. The molecule has 0 aromatic carbocycles. The zero-order chi connectivity index (χ0) is 22.6. The lowest BCUT2D eigenvalue weighted by Crippen LogP contribution is -2.50. The van der Waals surface area contributed by atoms with Gasteiger partial charge >= 0.3 is 12.1 Å². The molecule has 1 amide bonds. The number of unbranched alkanes of at least 4 members (excludes halogenated alkanes) is 4. The number of amides is 1. The van der Waals surface area contributed by atoms with E-state index < -0.39 is 34.1 Å². The molecule has 172 valence electrons. The van der Waals surface area contributed by atoms with Gasteiger partial charge in [0.1, 0.15) is 11.4 Å². The lowest BCUT2D eigenvalue weighted by molar-refractivity contribution is -0.284. The third-order valence-electron chi connectivity index (χ3n) is 5.47. The molecule has 6 nitrogen and oxygen atoms in total. The molecule has 2 rings (SSSR count). The summed E-state index contributed by atoms with van der Waals surface area (Å²) in [5.41, 5.74) is -0.967. The van der Waals surface area contributed by atoms with Crippen LogP contribution in [0.25, 0.3) is 0 Å². The quantitative estimate of drug-likeness (QED) is 0.399. The van der Waals surface area contributed by atoms with Crippen molar-refractivity contribution in [1.29, 1.82) is 0 Å². The Balaban J connectivity index is 1.71. The molecule has 2 aliphatic rings. The summed E-state index contributed by atoms with van der Waals surface area (Å²) in [6.07, 6.45) is -3.93. The number of halogens is 5. The van der Waals surface area contributed by atoms with Crippen LogP contribution >= 0.6 is 0 Å². The summed E-state index contributed by atoms with van der Waals surface area (Å²) in [4.78, 5) is 16.8. The van der Waals surface area contributed by atoms with E-state index in [9.17, 15) is 35.2 Å². The van der Waals surface area contributed by atoms with Gasteiger partial charge in [-0.2, -0.15) is 26.3 Å². The van der Waals surface area contributed by atoms with Crippen LogP contribution in [0.5, 0.6) is 0 Å². The summed E-state index contributed by atoms with van der Waals surface area (Å²) in [6.45, 7) is 3.62. The van der Waals surface area contributed by atoms with Crippen LogP contribution in [0.2, 0.25) is 0 Å². The van der Waals surface area contributed by atoms with Crippen molar-refractivity contribution in [2.75, 3.05) is 13.1 Å². The molecule has 0 atom stereocenters. The number of hydrogen-bond donors (Lipinski definition) is 1. The number of rotatable bonds is 10. The fraction of sp³-hybridized carbons (Fsp3) is 0.778. The summed E-state index contributed by atoms with van der Waals surface area (Å²) in [5.74, 6) is -4.41. The molecule has 2 aliphatic heterocycles. The van der Waals surface area contributed by atoms with Crippen LogP contribution < -0.4 is 5.32 Å². The van der Waals surface area contributed by atoms with Gasteiger partial charge in [0.15, 0.2) is 0 Å². The smallest absolute Gasteiger partial charge is 0.312 e. The minimum atomic E-state index is -5.51. The standard InChI is InChI=1S/C18H26F5N3O3S/c1-2-30(28,29)26-12-10-16(11-13-26)15(27)24-14(25-16)8-6-4-3-5-7-9-17(19,20)18(21,22)23/h2H,1,3-13H2,(H,24,25,27). The van der Waals surface area contributed by atoms with Crippen molar-refractivity contribution in [3.05, 3.63) is 12.0 Å². The first-order valence-electron chi connectivity index (χ1n) is 9.80. The van der Waals surface area contributed by atoms with E-state index in [2.05, 4.69) is 16.9 Å². The van der Waals surface area contributed by atoms with E-state index in [1.165, 1.54) is 4.31 Å². The monoisotopic (exact) mass is 459 g/mol. The van der Waals surface area contributed by atoms with Crippen molar-refractivity contribution in [2.45, 2.75) is 75.4 Å². The molecular weight excluding hydrogens is 433 g/mol. The van der Waals surface area contributed by atoms with Crippen LogP contribution in [0, 0.1) is 0 Å². The van der Waals surface area contributed by atoms with Crippen LogP contribution in [0.4, 0.5) is 22.0 Å². The Morgan fingerprint density at radius 3 is 2.20 bits per heavy atom. The Hall–Kier alpha value is -1.56. The number of nitrogens with zero attached hydrogens (tertiary/aromatic N) is 2. The predicted molar refractivity (Wildman–Crippen MR) is 102 cm³/mol. The maximum absolute atomic E-state index is 12.8. The first kappa shape index (κ1) is 24.7. The summed E-state index contributed by atoms with van der Waals surface area (Å²) in [7, 11) is -3.53. The Morgan fingerprint density at radius 1 is 1.07 bits per heavy atom. The predicted octanol–water partition coefficient (Wildman–Crippen LogP) is 3.75. The van der Waals surface area contributed by atoms with E-state index >= 15 is 0 Å². The highest BCUT2D eigenvalue weighted by Gasteiger charge is 2.56. The molecule has 12 heteroatoms. The van der Waals surface area contributed by atoms with Gasteiger partial charge in [0.05, 0.1) is 0 Å². The van der Waals surface area contributed by atoms with Gasteiger partial charge in [0.2, 0.25) is 10.0 Å². The first-order chi connectivity index (χ1) is 13.8. The maximum Gasteiger partial charge on any atom is 0.453 e. The number of hydrogen-bond acceptors (Lipinski definition) is 4. The van der Waals surface area contributed by atoms with E-state index in [1.54, 1.807) is 0 Å². The van der Waals surface area contributed by atoms with Crippen molar-refractivity contribution >= 4 is 21.8 Å². The van der Waals surface area contributed by atoms with Gasteiger partial charge in [-0.25, -0.2) is 8.42 Å². The zero-order valence-corrected chi connectivity index (χ0v) is 17.3. The van der Waals surface area contributed by atoms with Gasteiger partial charge in [-0.15, -0.1) is 0 Å². The topological polar surface area (TPSA) is 78.8 Å². The summed E-state index contributed by atoms with van der Waals surface area (Å²) >= 11 is 0. The molecule has 0 bridgehead atoms. The number of nitrogens with one attached hydrogen (secondary N) is 1. The average Bonchev–Trinajstić information content (AvgIpc) is 2.95. The Labute approximate surface area is 172 Å². The van der Waals surface area contributed by atoms with Crippen molar-refractivity contribution in [3.63, 3.8) is 0 Å². The fourth-order valence-electron chi connectivity index (χ4n) is 3.57. The SMILES string of the molecule is C=CS(=O)(=O)N1CCC2(CC1)N=C(CCCCCCCC(F)(F)C(F)(F)F)NC2=O. The number of piperidine rings is 1. The summed E-state index contributed by atoms with van der Waals surface area (Å²) in [6, 6.07) is 0. The minimum Gasteiger partial charge on any atom is -0.312 e. The number of sulfonamides is 1. The summed E-state index contributed by atoms with van der Waals surface area (Å²) in [5, 5.41) is 3.59. The first-order valence-corrected chi connectivity index (χ1v) is 11.3. The lowest BCUT2D eigenvalue weighted by Gasteiger charge is -2.34. The third-order valence-corrected chi connectivity index (χ3v) is 6.97. The maximum atomic E-state index is 12.8. The van der Waals surface area contributed by atoms with Crippen LogP contribution in [0.15, 0.2) is 17.0 Å². The zero-order valence-electron chi connectivity index (χ0n) is 16.5. The third kappa shape index (κ3) is 5.77. The average molecular weight is 459 g/mol. The van der Waals surface area contributed by atoms with E-state index in [0.29, 0.717) is 31.5 Å². The second-order valence-electron chi connectivity index (χ2n) is 7.62. The Bertz CT molecular complexity index is 772. The van der Waals surface area contributed by atoms with E-state index in [-0.39, 0.29) is 44.7 Å². The molecule has 2 heterocycles. The van der Waals surface area contributed by atoms with Crippen molar-refractivity contribution in [3.8, 4) is 0 Å². The minimum absolute atomic E-state index is 0.168. The fourth-order valence-corrected chi connectivity index (χ4v) is 4.47. The van der Waals surface area contributed by atoms with Crippen LogP contribution in [0.1, 0.15) is 57.8 Å². The molecule has 1 fully saturated rings. The Kier molecular flexibility index (Phi) is 7.65. The van der Waals surface area contributed by atoms with Crippen molar-refractivity contribution in [2.24, 2.45) is 4.99 Å². The number of amidine groups is 1. The molecule has 30 heavy (non-hydrogen) atoms. The highest BCUT2D eigenvalue weighted by molar-refractivity contribution is 7.92. The summed E-state index contributed by atoms with van der Waals surface area (Å²) < 4.78 is 86.8. The molecule has 0 aromatic rings. The molecule has 0 aromatic heterocycles. The van der Waals surface area contributed by atoms with Gasteiger partial charge in [0, 0.05) is 31.3 Å². The van der Waals surface area contributed by atoms with Gasteiger partial charge in [-0.3, -0.25) is 9.79 Å². The number of aliphatic imine (C=N–C) groups is 1. The largest absolute Gasteiger partial charge is 0.453 e. The molecule has 1 saturated heterocycles. The van der Waals surface area contributed by atoms with Crippen LogP contribution in [-0.4, -0.2) is 55.2 Å². The number of alkyl halides is 5. The van der Waals surface area contributed by atoms with Crippen molar-refractivity contribution in [1.82, 2.24) is 9.62 Å². The van der Waals surface area contributed by atoms with E-state index in [1.807, 2.05) is 0 Å². The van der Waals surface area contributed by atoms with Gasteiger partial charge in [0.25, 0.3) is 5.91 Å². The van der Waals surface area contributed by atoms with E-state index in [4.69, 9.17) is 0 Å². The molecule has 0 saturated carbocycles. The number of carbonyl (C=O) groups excluding carboxylic acids is 1. The highest BCUT2D eigenvalue weighted by Crippen LogP contribution is 2.39. The van der Waals surface area contributed by atoms with Gasteiger partial charge in [-0.1, -0.05) is 25.8 Å². The van der Waals surface area contributed by atoms with Crippen LogP contribution in [0.3, 0.4) is 0 Å². The molecular formula is C18H26F5N3O3S. The van der Waals surface area contributed by atoms with Crippen LogP contribution in [-0.2, 0) is 14.8 Å². The molecule has 1 spiro atoms. The molecule has 1 N–H and O–H groups in total. The molecule has 0 unspecified atom stereocenters. The second-order valence-corrected chi connectivity index (χ2v) is 9.50.